The summed E-state index contributed by atoms with van der Waals surface area (Å²) in [5.41, 5.74) is 0. The fraction of sp³-hybridized carbons (Fsp3) is 0.864. The van der Waals surface area contributed by atoms with Crippen LogP contribution >= 0.6 is 0 Å². The van der Waals surface area contributed by atoms with Crippen LogP contribution < -0.4 is 0 Å². The van der Waals surface area contributed by atoms with Gasteiger partial charge in [-0.25, -0.2) is 9.59 Å². The molecule has 10 nitrogen and oxygen atoms in total. The molecule has 4 aliphatic rings. The fourth-order valence-electron chi connectivity index (χ4n) is 4.80. The molecule has 1 amide bonds. The zero-order chi connectivity index (χ0) is 28.8. The van der Waals surface area contributed by atoms with Gasteiger partial charge in [-0.1, -0.05) is 0 Å². The summed E-state index contributed by atoms with van der Waals surface area (Å²) in [5, 5.41) is 14.2. The molecule has 0 aromatic carbocycles. The highest BCUT2D eigenvalue weighted by Crippen LogP contribution is 2.51. The van der Waals surface area contributed by atoms with Crippen LogP contribution in [-0.2, 0) is 23.9 Å². The van der Waals surface area contributed by atoms with Gasteiger partial charge in [-0.15, -0.1) is 0 Å². The maximum atomic E-state index is 12.8. The highest BCUT2D eigenvalue weighted by molar-refractivity contribution is 5.82. The summed E-state index contributed by atoms with van der Waals surface area (Å²) in [4.78, 5) is 37.6. The minimum absolute atomic E-state index is 0.254. The minimum atomic E-state index is -5.08. The summed E-state index contributed by atoms with van der Waals surface area (Å²) in [6, 6.07) is 0.471. The van der Waals surface area contributed by atoms with E-state index in [2.05, 4.69) is 28.8 Å². The number of alkyl halides is 6. The Kier molecular flexibility index (Phi) is 11.2. The first kappa shape index (κ1) is 32.0. The number of carboxylic acid groups (broad SMARTS) is 2. The number of hydrogen-bond donors (Lipinski definition) is 2. The molecule has 1 aliphatic carbocycles. The first-order valence-electron chi connectivity index (χ1n) is 12.0. The normalized spacial score (nSPS) is 29.1. The molecule has 0 radical (unpaired) electrons. The van der Waals surface area contributed by atoms with Gasteiger partial charge in [0.2, 0.25) is 5.91 Å². The van der Waals surface area contributed by atoms with Crippen molar-refractivity contribution in [2.24, 2.45) is 17.8 Å². The number of ether oxygens (including phenoxy) is 2. The van der Waals surface area contributed by atoms with E-state index < -0.39 is 24.3 Å². The van der Waals surface area contributed by atoms with Crippen molar-refractivity contribution in [3.8, 4) is 0 Å². The minimum Gasteiger partial charge on any atom is -0.475 e. The van der Waals surface area contributed by atoms with E-state index in [1.807, 2.05) is 0 Å². The Morgan fingerprint density at radius 2 is 1.39 bits per heavy atom. The van der Waals surface area contributed by atoms with Crippen LogP contribution in [0.3, 0.4) is 0 Å². The van der Waals surface area contributed by atoms with Crippen LogP contribution in [0.1, 0.15) is 12.8 Å². The average molecular weight is 566 g/mol. The molecule has 0 aromatic rings. The highest BCUT2D eigenvalue weighted by Gasteiger charge is 2.59. The zero-order valence-electron chi connectivity index (χ0n) is 21.0. The quantitative estimate of drug-likeness (QED) is 0.488. The molecule has 4 rings (SSSR count). The number of hydrogen-bond acceptors (Lipinski definition) is 7. The van der Waals surface area contributed by atoms with E-state index >= 15 is 0 Å². The van der Waals surface area contributed by atoms with Crippen molar-refractivity contribution in [2.45, 2.75) is 37.3 Å². The molecule has 3 aliphatic heterocycles. The Morgan fingerprint density at radius 3 is 1.87 bits per heavy atom. The van der Waals surface area contributed by atoms with E-state index in [4.69, 9.17) is 29.3 Å². The third kappa shape index (κ3) is 9.24. The molecule has 4 fully saturated rings. The number of amides is 1. The fourth-order valence-corrected chi connectivity index (χ4v) is 4.80. The number of nitrogens with zero attached hydrogens (tertiary/aromatic N) is 3. The second-order valence-corrected chi connectivity index (χ2v) is 9.72. The predicted octanol–water partition coefficient (Wildman–Crippen LogP) is 1.40. The van der Waals surface area contributed by atoms with Gasteiger partial charge in [-0.05, 0) is 38.8 Å². The number of carbonyl (C=O) groups is 3. The number of carboxylic acids is 2. The molecule has 1 saturated carbocycles. The van der Waals surface area contributed by atoms with Gasteiger partial charge >= 0.3 is 24.3 Å². The molecule has 16 heteroatoms. The van der Waals surface area contributed by atoms with Gasteiger partial charge < -0.3 is 29.5 Å². The van der Waals surface area contributed by atoms with Crippen molar-refractivity contribution >= 4 is 17.8 Å². The van der Waals surface area contributed by atoms with E-state index in [0.717, 1.165) is 65.4 Å². The van der Waals surface area contributed by atoms with E-state index in [9.17, 15) is 31.1 Å². The molecule has 3 unspecified atom stereocenters. The molecular formula is C22H33F6N3O7. The number of rotatable bonds is 4. The first-order valence-corrected chi connectivity index (χ1v) is 12.0. The standard InChI is InChI=1S/C18H31N3O3.2C2HF3O2/c1-19(2)7-8-20-9-10-24-16-4-6-21(5-3-15(16)20)18(22)17-13-11-23-12-14(13)17;2*3-2(4,5)1(6)7/h13-17H,3-12H2,1-2H3;2*(H,6,7)/t13-,14+,15?,16?,17?;;. The van der Waals surface area contributed by atoms with Gasteiger partial charge in [0.25, 0.3) is 0 Å². The van der Waals surface area contributed by atoms with E-state index in [0.29, 0.717) is 29.9 Å². The van der Waals surface area contributed by atoms with E-state index in [1.165, 1.54) is 0 Å². The highest BCUT2D eigenvalue weighted by atomic mass is 19.4. The summed E-state index contributed by atoms with van der Waals surface area (Å²) in [5.74, 6) is -3.86. The van der Waals surface area contributed by atoms with Gasteiger partial charge in [0.1, 0.15) is 0 Å². The molecule has 0 bridgehead atoms. The Morgan fingerprint density at radius 1 is 0.895 bits per heavy atom. The summed E-state index contributed by atoms with van der Waals surface area (Å²) in [6.07, 6.45) is -7.85. The molecule has 3 saturated heterocycles. The Balaban J connectivity index is 0.000000301. The first-order chi connectivity index (χ1) is 17.5. The molecule has 2 N–H and O–H groups in total. The SMILES string of the molecule is CN(C)CCN1CCOC2CCN(C(=O)C3[C@H]4COC[C@@H]34)CCC21.O=C(O)C(F)(F)F.O=C(O)C(F)(F)F. The van der Waals surface area contributed by atoms with Crippen LogP contribution in [0, 0.1) is 17.8 Å². The summed E-state index contributed by atoms with van der Waals surface area (Å²) < 4.78 is 75.0. The lowest BCUT2D eigenvalue weighted by Gasteiger charge is -2.40. The van der Waals surface area contributed by atoms with E-state index in [1.54, 1.807) is 0 Å². The second-order valence-electron chi connectivity index (χ2n) is 9.72. The molecule has 5 atom stereocenters. The van der Waals surface area contributed by atoms with Crippen molar-refractivity contribution in [1.82, 2.24) is 14.7 Å². The third-order valence-electron chi connectivity index (χ3n) is 6.86. The predicted molar refractivity (Wildman–Crippen MR) is 118 cm³/mol. The summed E-state index contributed by atoms with van der Waals surface area (Å²) in [6.45, 7) is 7.35. The van der Waals surface area contributed by atoms with Gasteiger partial charge in [-0.3, -0.25) is 9.69 Å². The summed E-state index contributed by atoms with van der Waals surface area (Å²) in [7, 11) is 4.25. The lowest BCUT2D eigenvalue weighted by Crippen LogP contribution is -2.52. The maximum absolute atomic E-state index is 12.8. The topological polar surface area (TPSA) is 120 Å². The Hall–Kier alpha value is -2.17. The molecule has 38 heavy (non-hydrogen) atoms. The molecule has 0 aromatic heterocycles. The average Bonchev–Trinajstić information content (AvgIpc) is 3.38. The van der Waals surface area contributed by atoms with Gasteiger partial charge in [0, 0.05) is 44.7 Å². The van der Waals surface area contributed by atoms with E-state index in [-0.39, 0.29) is 5.92 Å². The monoisotopic (exact) mass is 565 g/mol. The largest absolute Gasteiger partial charge is 0.490 e. The lowest BCUT2D eigenvalue weighted by atomic mass is 10.0. The molecule has 3 heterocycles. The maximum Gasteiger partial charge on any atom is 0.490 e. The zero-order valence-corrected chi connectivity index (χ0v) is 21.0. The van der Waals surface area contributed by atoms with Crippen molar-refractivity contribution in [1.29, 1.82) is 0 Å². The van der Waals surface area contributed by atoms with Crippen LogP contribution in [0.2, 0.25) is 0 Å². The number of halogens is 6. The smallest absolute Gasteiger partial charge is 0.475 e. The molecule has 220 valence electrons. The second kappa shape index (κ2) is 13.3. The number of aliphatic carboxylic acids is 2. The van der Waals surface area contributed by atoms with Crippen molar-refractivity contribution in [2.75, 3.05) is 66.6 Å². The van der Waals surface area contributed by atoms with Gasteiger partial charge in [-0.2, -0.15) is 26.3 Å². The number of morpholine rings is 1. The van der Waals surface area contributed by atoms with Crippen LogP contribution in [0.25, 0.3) is 0 Å². The van der Waals surface area contributed by atoms with Crippen LogP contribution in [0.15, 0.2) is 0 Å². The Bertz CT molecular complexity index is 792. The van der Waals surface area contributed by atoms with Crippen LogP contribution in [0.5, 0.6) is 0 Å². The van der Waals surface area contributed by atoms with Gasteiger partial charge in [0.15, 0.2) is 0 Å². The summed E-state index contributed by atoms with van der Waals surface area (Å²) >= 11 is 0. The van der Waals surface area contributed by atoms with Crippen LogP contribution in [0.4, 0.5) is 26.3 Å². The van der Waals surface area contributed by atoms with Crippen molar-refractivity contribution < 1.29 is 60.4 Å². The Labute approximate surface area is 215 Å². The van der Waals surface area contributed by atoms with Crippen molar-refractivity contribution in [3.05, 3.63) is 0 Å². The van der Waals surface area contributed by atoms with Crippen LogP contribution in [-0.4, -0.2) is 134 Å². The number of likely N-dealkylation sites (tertiary alicyclic amines) is 1. The molecule has 0 spiro atoms. The van der Waals surface area contributed by atoms with Gasteiger partial charge in [0.05, 0.1) is 25.9 Å². The third-order valence-corrected chi connectivity index (χ3v) is 6.86. The molecular weight excluding hydrogens is 532 g/mol. The number of likely N-dealkylation sites (N-methyl/N-ethyl adjacent to an activating group) is 1. The lowest BCUT2D eigenvalue weighted by molar-refractivity contribution is -0.193. The van der Waals surface area contributed by atoms with Crippen molar-refractivity contribution in [3.63, 3.8) is 0 Å². The number of carbonyl (C=O) groups excluding carboxylic acids is 1. The number of fused-ring (bicyclic) bond motifs is 2.